The molecule has 1 aromatic heterocycles. The predicted molar refractivity (Wildman–Crippen MR) is 44.3 cm³/mol. The topological polar surface area (TPSA) is 77.0 Å². The summed E-state index contributed by atoms with van der Waals surface area (Å²) in [4.78, 5) is 0. The SMILES string of the molecule is CCn1cnnc1C(C)(N)CO. The molecule has 0 spiro atoms. The van der Waals surface area contributed by atoms with E-state index in [1.807, 2.05) is 11.5 Å². The lowest BCUT2D eigenvalue weighted by Gasteiger charge is -2.20. The van der Waals surface area contributed by atoms with Gasteiger partial charge in [-0.2, -0.15) is 0 Å². The van der Waals surface area contributed by atoms with Crippen LogP contribution in [0.2, 0.25) is 0 Å². The number of nitrogens with two attached hydrogens (primary N) is 1. The molecule has 0 aliphatic rings. The molecule has 0 aliphatic carbocycles. The van der Waals surface area contributed by atoms with Gasteiger partial charge in [-0.3, -0.25) is 0 Å². The lowest BCUT2D eigenvalue weighted by atomic mass is 10.1. The van der Waals surface area contributed by atoms with Gasteiger partial charge in [-0.05, 0) is 13.8 Å². The van der Waals surface area contributed by atoms with Crippen molar-refractivity contribution in [1.82, 2.24) is 14.8 Å². The van der Waals surface area contributed by atoms with Crippen molar-refractivity contribution in [3.05, 3.63) is 12.2 Å². The summed E-state index contributed by atoms with van der Waals surface area (Å²) >= 11 is 0. The molecule has 0 saturated heterocycles. The molecule has 5 heteroatoms. The van der Waals surface area contributed by atoms with Crippen molar-refractivity contribution in [2.24, 2.45) is 5.73 Å². The molecule has 1 atom stereocenters. The molecule has 0 bridgehead atoms. The molecule has 1 rings (SSSR count). The maximum Gasteiger partial charge on any atom is 0.155 e. The van der Waals surface area contributed by atoms with Gasteiger partial charge in [0, 0.05) is 6.54 Å². The summed E-state index contributed by atoms with van der Waals surface area (Å²) in [6, 6.07) is 0. The van der Waals surface area contributed by atoms with Crippen LogP contribution in [0.25, 0.3) is 0 Å². The maximum absolute atomic E-state index is 8.98. The lowest BCUT2D eigenvalue weighted by molar-refractivity contribution is 0.199. The molecular formula is C7H14N4O. The average Bonchev–Trinajstić information content (AvgIpc) is 2.52. The van der Waals surface area contributed by atoms with Crippen LogP contribution < -0.4 is 5.73 Å². The molecule has 0 fully saturated rings. The third-order valence-corrected chi connectivity index (χ3v) is 1.80. The first-order valence-electron chi connectivity index (χ1n) is 3.90. The number of aromatic nitrogens is 3. The Kier molecular flexibility index (Phi) is 2.44. The Bertz CT molecular complexity index is 256. The summed E-state index contributed by atoms with van der Waals surface area (Å²) < 4.78 is 1.82. The van der Waals surface area contributed by atoms with Crippen LogP contribution in [0, 0.1) is 0 Å². The minimum absolute atomic E-state index is 0.133. The minimum atomic E-state index is -0.799. The summed E-state index contributed by atoms with van der Waals surface area (Å²) in [6.07, 6.45) is 1.61. The van der Waals surface area contributed by atoms with Crippen LogP contribution >= 0.6 is 0 Å². The number of hydrogen-bond acceptors (Lipinski definition) is 4. The smallest absolute Gasteiger partial charge is 0.155 e. The highest BCUT2D eigenvalue weighted by molar-refractivity contribution is 5.02. The van der Waals surface area contributed by atoms with Gasteiger partial charge in [-0.25, -0.2) is 0 Å². The monoisotopic (exact) mass is 170 g/mol. The van der Waals surface area contributed by atoms with E-state index in [9.17, 15) is 0 Å². The quantitative estimate of drug-likeness (QED) is 0.639. The Balaban J connectivity index is 3.00. The van der Waals surface area contributed by atoms with E-state index in [-0.39, 0.29) is 6.61 Å². The van der Waals surface area contributed by atoms with Gasteiger partial charge in [0.05, 0.1) is 12.1 Å². The van der Waals surface area contributed by atoms with Crippen LogP contribution in [0.4, 0.5) is 0 Å². The first kappa shape index (κ1) is 9.15. The van der Waals surface area contributed by atoms with Crippen molar-refractivity contribution >= 4 is 0 Å². The van der Waals surface area contributed by atoms with Crippen LogP contribution in [0.3, 0.4) is 0 Å². The molecule has 1 unspecified atom stereocenters. The highest BCUT2D eigenvalue weighted by Gasteiger charge is 2.25. The molecule has 68 valence electrons. The van der Waals surface area contributed by atoms with Gasteiger partial charge in [-0.15, -0.1) is 10.2 Å². The molecule has 1 aromatic rings. The molecule has 1 heterocycles. The molecule has 0 saturated carbocycles. The normalized spacial score (nSPS) is 16.0. The van der Waals surface area contributed by atoms with Gasteiger partial charge in [0.2, 0.25) is 0 Å². The molecule has 3 N–H and O–H groups in total. The number of aryl methyl sites for hydroxylation is 1. The van der Waals surface area contributed by atoms with Crippen molar-refractivity contribution in [3.63, 3.8) is 0 Å². The van der Waals surface area contributed by atoms with E-state index < -0.39 is 5.54 Å². The number of aliphatic hydroxyl groups excluding tert-OH is 1. The molecule has 0 radical (unpaired) electrons. The highest BCUT2D eigenvalue weighted by Crippen LogP contribution is 2.13. The molecule has 5 nitrogen and oxygen atoms in total. The van der Waals surface area contributed by atoms with E-state index in [0.29, 0.717) is 5.82 Å². The van der Waals surface area contributed by atoms with Crippen molar-refractivity contribution in [2.45, 2.75) is 25.9 Å². The molecule has 12 heavy (non-hydrogen) atoms. The van der Waals surface area contributed by atoms with E-state index in [2.05, 4.69) is 10.2 Å². The number of hydrogen-bond donors (Lipinski definition) is 2. The Hall–Kier alpha value is -0.940. The van der Waals surface area contributed by atoms with Gasteiger partial charge in [0.25, 0.3) is 0 Å². The fourth-order valence-corrected chi connectivity index (χ4v) is 0.999. The van der Waals surface area contributed by atoms with E-state index in [1.54, 1.807) is 13.3 Å². The van der Waals surface area contributed by atoms with E-state index in [4.69, 9.17) is 10.8 Å². The van der Waals surface area contributed by atoms with E-state index in [1.165, 1.54) is 0 Å². The van der Waals surface area contributed by atoms with E-state index in [0.717, 1.165) is 6.54 Å². The first-order valence-corrected chi connectivity index (χ1v) is 3.90. The fraction of sp³-hybridized carbons (Fsp3) is 0.714. The van der Waals surface area contributed by atoms with Crippen molar-refractivity contribution in [2.75, 3.05) is 6.61 Å². The first-order chi connectivity index (χ1) is 5.61. The molecule has 0 aliphatic heterocycles. The highest BCUT2D eigenvalue weighted by atomic mass is 16.3. The number of rotatable bonds is 3. The zero-order valence-electron chi connectivity index (χ0n) is 7.36. The van der Waals surface area contributed by atoms with Gasteiger partial charge < -0.3 is 15.4 Å². The van der Waals surface area contributed by atoms with Crippen LogP contribution in [0.5, 0.6) is 0 Å². The average molecular weight is 170 g/mol. The van der Waals surface area contributed by atoms with Crippen molar-refractivity contribution < 1.29 is 5.11 Å². The van der Waals surface area contributed by atoms with Crippen LogP contribution in [0.15, 0.2) is 6.33 Å². The van der Waals surface area contributed by atoms with Crippen LogP contribution in [0.1, 0.15) is 19.7 Å². The van der Waals surface area contributed by atoms with Crippen molar-refractivity contribution in [3.8, 4) is 0 Å². The standard InChI is InChI=1S/C7H14N4O/c1-3-11-5-9-10-6(11)7(2,8)4-12/h5,12H,3-4,8H2,1-2H3. The second-order valence-corrected chi connectivity index (χ2v) is 3.02. The number of nitrogens with zero attached hydrogens (tertiary/aromatic N) is 3. The summed E-state index contributed by atoms with van der Waals surface area (Å²) in [5.41, 5.74) is 4.99. The van der Waals surface area contributed by atoms with Gasteiger partial charge >= 0.3 is 0 Å². The maximum atomic E-state index is 8.98. The second-order valence-electron chi connectivity index (χ2n) is 3.02. The minimum Gasteiger partial charge on any atom is -0.394 e. The Morgan fingerprint density at radius 1 is 1.75 bits per heavy atom. The summed E-state index contributed by atoms with van der Waals surface area (Å²) in [7, 11) is 0. The summed E-state index contributed by atoms with van der Waals surface area (Å²) in [5, 5.41) is 16.6. The second kappa shape index (κ2) is 3.20. The number of aliphatic hydroxyl groups is 1. The van der Waals surface area contributed by atoms with Gasteiger partial charge in [0.1, 0.15) is 6.33 Å². The lowest BCUT2D eigenvalue weighted by Crippen LogP contribution is -2.39. The Morgan fingerprint density at radius 3 is 2.92 bits per heavy atom. The third-order valence-electron chi connectivity index (χ3n) is 1.80. The summed E-state index contributed by atoms with van der Waals surface area (Å²) in [6.45, 7) is 4.32. The summed E-state index contributed by atoms with van der Waals surface area (Å²) in [5.74, 6) is 0.618. The molecule has 0 amide bonds. The molecule has 0 aromatic carbocycles. The Labute approximate surface area is 71.2 Å². The predicted octanol–water partition coefficient (Wildman–Crippen LogP) is -0.536. The van der Waals surface area contributed by atoms with Gasteiger partial charge in [-0.1, -0.05) is 0 Å². The largest absolute Gasteiger partial charge is 0.394 e. The van der Waals surface area contributed by atoms with Crippen LogP contribution in [-0.2, 0) is 12.1 Å². The Morgan fingerprint density at radius 2 is 2.42 bits per heavy atom. The van der Waals surface area contributed by atoms with Crippen molar-refractivity contribution in [1.29, 1.82) is 0 Å². The molecular weight excluding hydrogens is 156 g/mol. The fourth-order valence-electron chi connectivity index (χ4n) is 0.999. The zero-order chi connectivity index (χ0) is 9.19. The van der Waals surface area contributed by atoms with Crippen LogP contribution in [-0.4, -0.2) is 26.5 Å². The van der Waals surface area contributed by atoms with E-state index >= 15 is 0 Å². The zero-order valence-corrected chi connectivity index (χ0v) is 7.36. The van der Waals surface area contributed by atoms with Gasteiger partial charge in [0.15, 0.2) is 5.82 Å². The third kappa shape index (κ3) is 1.46.